The van der Waals surface area contributed by atoms with Gasteiger partial charge in [0.25, 0.3) is 0 Å². The van der Waals surface area contributed by atoms with Gasteiger partial charge in [0.15, 0.2) is 0 Å². The summed E-state index contributed by atoms with van der Waals surface area (Å²) in [4.78, 5) is 25.2. The zero-order chi connectivity index (χ0) is 19.3. The molecule has 0 spiro atoms. The van der Waals surface area contributed by atoms with Crippen LogP contribution >= 0.6 is 0 Å². The maximum Gasteiger partial charge on any atom is 0.317 e. The topological polar surface area (TPSA) is 92.3 Å². The van der Waals surface area contributed by atoms with Crippen molar-refractivity contribution in [2.24, 2.45) is 7.05 Å². The number of nitrogens with one attached hydrogen (secondary N) is 1. The summed E-state index contributed by atoms with van der Waals surface area (Å²) in [6, 6.07) is 9.48. The SMILES string of the molecule is Cn1ccnc1CN1CCN(C(=O)NCc2nc(-c3ccccc3)no2)CC1. The van der Waals surface area contributed by atoms with E-state index in [1.807, 2.05) is 53.0 Å². The second-order valence-corrected chi connectivity index (χ2v) is 6.75. The summed E-state index contributed by atoms with van der Waals surface area (Å²) in [6.07, 6.45) is 3.75. The number of piperazine rings is 1. The molecule has 0 aliphatic carbocycles. The lowest BCUT2D eigenvalue weighted by Gasteiger charge is -2.34. The molecule has 0 saturated carbocycles. The number of hydrogen-bond acceptors (Lipinski definition) is 6. The predicted octanol–water partition coefficient (Wildman–Crippen LogP) is 1.50. The van der Waals surface area contributed by atoms with E-state index in [9.17, 15) is 4.79 Å². The maximum atomic E-state index is 12.4. The summed E-state index contributed by atoms with van der Waals surface area (Å²) >= 11 is 0. The van der Waals surface area contributed by atoms with E-state index >= 15 is 0 Å². The van der Waals surface area contributed by atoms with Crippen LogP contribution in [0.3, 0.4) is 0 Å². The minimum Gasteiger partial charge on any atom is -0.337 e. The van der Waals surface area contributed by atoms with Crippen LogP contribution in [0.5, 0.6) is 0 Å². The van der Waals surface area contributed by atoms with Crippen LogP contribution in [0.25, 0.3) is 11.4 Å². The first-order valence-electron chi connectivity index (χ1n) is 9.28. The van der Waals surface area contributed by atoms with Crippen LogP contribution < -0.4 is 5.32 Å². The Bertz CT molecular complexity index is 913. The van der Waals surface area contributed by atoms with Crippen LogP contribution in [0.2, 0.25) is 0 Å². The molecule has 4 rings (SSSR count). The molecule has 1 N–H and O–H groups in total. The van der Waals surface area contributed by atoms with Crippen molar-refractivity contribution in [2.75, 3.05) is 26.2 Å². The Morgan fingerprint density at radius 2 is 1.96 bits per heavy atom. The Kier molecular flexibility index (Phi) is 5.34. The quantitative estimate of drug-likeness (QED) is 0.720. The number of rotatable bonds is 5. The van der Waals surface area contributed by atoms with Crippen molar-refractivity contribution >= 4 is 6.03 Å². The number of carbonyl (C=O) groups excluding carboxylic acids is 1. The van der Waals surface area contributed by atoms with Gasteiger partial charge in [0, 0.05) is 51.2 Å². The first-order valence-corrected chi connectivity index (χ1v) is 9.28. The van der Waals surface area contributed by atoms with E-state index in [4.69, 9.17) is 4.52 Å². The van der Waals surface area contributed by atoms with E-state index in [-0.39, 0.29) is 12.6 Å². The van der Waals surface area contributed by atoms with E-state index in [2.05, 4.69) is 25.3 Å². The van der Waals surface area contributed by atoms with Gasteiger partial charge in [-0.2, -0.15) is 4.98 Å². The molecule has 9 nitrogen and oxygen atoms in total. The molecule has 1 aliphatic heterocycles. The molecule has 0 bridgehead atoms. The summed E-state index contributed by atoms with van der Waals surface area (Å²) in [7, 11) is 1.99. The average Bonchev–Trinajstić information content (AvgIpc) is 3.37. The van der Waals surface area contributed by atoms with Gasteiger partial charge in [-0.05, 0) is 0 Å². The Morgan fingerprint density at radius 1 is 1.18 bits per heavy atom. The summed E-state index contributed by atoms with van der Waals surface area (Å²) < 4.78 is 7.25. The number of hydrogen-bond donors (Lipinski definition) is 1. The number of carbonyl (C=O) groups is 1. The van der Waals surface area contributed by atoms with Crippen LogP contribution in [-0.4, -0.2) is 61.7 Å². The molecule has 146 valence electrons. The fourth-order valence-electron chi connectivity index (χ4n) is 3.15. The number of urea groups is 1. The Balaban J connectivity index is 1.24. The smallest absolute Gasteiger partial charge is 0.317 e. The third-order valence-electron chi connectivity index (χ3n) is 4.84. The van der Waals surface area contributed by atoms with Crippen molar-refractivity contribution in [2.45, 2.75) is 13.1 Å². The van der Waals surface area contributed by atoms with E-state index in [1.165, 1.54) is 0 Å². The Hall–Kier alpha value is -3.20. The standard InChI is InChI=1S/C19H23N7O2/c1-24-8-7-20-16(24)14-25-9-11-26(12-10-25)19(27)21-13-17-22-18(23-28-17)15-5-3-2-4-6-15/h2-8H,9-14H2,1H3,(H,21,27). The van der Waals surface area contributed by atoms with Gasteiger partial charge in [0.05, 0.1) is 13.1 Å². The highest BCUT2D eigenvalue weighted by Crippen LogP contribution is 2.14. The van der Waals surface area contributed by atoms with E-state index in [0.29, 0.717) is 24.8 Å². The fraction of sp³-hybridized carbons (Fsp3) is 0.368. The van der Waals surface area contributed by atoms with Crippen molar-refractivity contribution in [3.63, 3.8) is 0 Å². The normalized spacial score (nSPS) is 15.0. The number of nitrogens with zero attached hydrogens (tertiary/aromatic N) is 6. The van der Waals surface area contributed by atoms with Gasteiger partial charge >= 0.3 is 6.03 Å². The highest BCUT2D eigenvalue weighted by Gasteiger charge is 2.22. The number of amides is 2. The van der Waals surface area contributed by atoms with Crippen LogP contribution in [-0.2, 0) is 20.1 Å². The molecule has 3 heterocycles. The molecule has 0 atom stereocenters. The van der Waals surface area contributed by atoms with Gasteiger partial charge in [0.1, 0.15) is 5.82 Å². The van der Waals surface area contributed by atoms with Crippen LogP contribution in [0, 0.1) is 0 Å². The molecule has 0 unspecified atom stereocenters. The van der Waals surface area contributed by atoms with Crippen molar-refractivity contribution in [1.29, 1.82) is 0 Å². The monoisotopic (exact) mass is 381 g/mol. The second kappa shape index (κ2) is 8.22. The molecule has 1 aromatic carbocycles. The fourth-order valence-corrected chi connectivity index (χ4v) is 3.15. The highest BCUT2D eigenvalue weighted by molar-refractivity contribution is 5.74. The van der Waals surface area contributed by atoms with Crippen molar-refractivity contribution in [3.8, 4) is 11.4 Å². The first-order chi connectivity index (χ1) is 13.7. The highest BCUT2D eigenvalue weighted by atomic mass is 16.5. The van der Waals surface area contributed by atoms with Crippen LogP contribution in [0.4, 0.5) is 4.79 Å². The molecule has 2 amide bonds. The minimum atomic E-state index is -0.115. The molecule has 1 aliphatic rings. The van der Waals surface area contributed by atoms with Gasteiger partial charge in [0.2, 0.25) is 11.7 Å². The zero-order valence-corrected chi connectivity index (χ0v) is 15.8. The Morgan fingerprint density at radius 3 is 2.68 bits per heavy atom. The molecule has 1 fully saturated rings. The third kappa shape index (κ3) is 4.20. The van der Waals surface area contributed by atoms with Crippen molar-refractivity contribution in [1.82, 2.24) is 34.8 Å². The average molecular weight is 381 g/mol. The van der Waals surface area contributed by atoms with Gasteiger partial charge in [-0.1, -0.05) is 35.5 Å². The summed E-state index contributed by atoms with van der Waals surface area (Å²) in [5.74, 6) is 1.94. The molecule has 0 radical (unpaired) electrons. The number of benzene rings is 1. The van der Waals surface area contributed by atoms with Crippen LogP contribution in [0.1, 0.15) is 11.7 Å². The van der Waals surface area contributed by atoms with Gasteiger partial charge in [-0.3, -0.25) is 4.90 Å². The lowest BCUT2D eigenvalue weighted by molar-refractivity contribution is 0.132. The second-order valence-electron chi connectivity index (χ2n) is 6.75. The van der Waals surface area contributed by atoms with Gasteiger partial charge < -0.3 is 19.3 Å². The molecule has 28 heavy (non-hydrogen) atoms. The zero-order valence-electron chi connectivity index (χ0n) is 15.8. The molecule has 3 aromatic rings. The van der Waals surface area contributed by atoms with Crippen LogP contribution in [0.15, 0.2) is 47.2 Å². The largest absolute Gasteiger partial charge is 0.337 e. The van der Waals surface area contributed by atoms with Crippen molar-refractivity contribution in [3.05, 3.63) is 54.4 Å². The van der Waals surface area contributed by atoms with E-state index in [1.54, 1.807) is 6.20 Å². The summed E-state index contributed by atoms with van der Waals surface area (Å²) in [5, 5.41) is 6.82. The minimum absolute atomic E-state index is 0.115. The Labute approximate surface area is 163 Å². The molecular formula is C19H23N7O2. The van der Waals surface area contributed by atoms with E-state index in [0.717, 1.165) is 31.0 Å². The molecular weight excluding hydrogens is 358 g/mol. The maximum absolute atomic E-state index is 12.4. The molecule has 9 heteroatoms. The number of imidazole rings is 1. The van der Waals surface area contributed by atoms with Gasteiger partial charge in [-0.15, -0.1) is 0 Å². The first kappa shape index (κ1) is 18.2. The number of aromatic nitrogens is 4. The molecule has 1 saturated heterocycles. The summed E-state index contributed by atoms with van der Waals surface area (Å²) in [5.41, 5.74) is 0.882. The van der Waals surface area contributed by atoms with Gasteiger partial charge in [-0.25, -0.2) is 9.78 Å². The lowest BCUT2D eigenvalue weighted by atomic mass is 10.2. The third-order valence-corrected chi connectivity index (χ3v) is 4.84. The molecule has 2 aromatic heterocycles. The summed E-state index contributed by atoms with van der Waals surface area (Å²) in [6.45, 7) is 4.00. The number of aryl methyl sites for hydroxylation is 1. The predicted molar refractivity (Wildman–Crippen MR) is 102 cm³/mol. The van der Waals surface area contributed by atoms with Crippen molar-refractivity contribution < 1.29 is 9.32 Å². The lowest BCUT2D eigenvalue weighted by Crippen LogP contribution is -2.51. The van der Waals surface area contributed by atoms with E-state index < -0.39 is 0 Å².